The van der Waals surface area contributed by atoms with Gasteiger partial charge in [0.15, 0.2) is 0 Å². The lowest BCUT2D eigenvalue weighted by molar-refractivity contribution is -0.122. The Kier molecular flexibility index (Phi) is 6.02. The van der Waals surface area contributed by atoms with Gasteiger partial charge in [-0.15, -0.1) is 0 Å². The molecule has 0 spiro atoms. The first-order valence-electron chi connectivity index (χ1n) is 5.46. The summed E-state index contributed by atoms with van der Waals surface area (Å²) in [4.78, 5) is 11.3. The van der Waals surface area contributed by atoms with Crippen LogP contribution in [-0.4, -0.2) is 5.78 Å². The second-order valence-electron chi connectivity index (χ2n) is 4.89. The Morgan fingerprint density at radius 1 is 1.08 bits per heavy atom. The fraction of sp³-hybridized carbons (Fsp3) is 0.917. The summed E-state index contributed by atoms with van der Waals surface area (Å²) in [7, 11) is 0. The largest absolute Gasteiger partial charge is 0.299 e. The Balaban J connectivity index is 3.58. The molecule has 0 aliphatic carbocycles. The summed E-state index contributed by atoms with van der Waals surface area (Å²) in [5.74, 6) is 2.08. The maximum Gasteiger partial charge on any atom is 0.135 e. The van der Waals surface area contributed by atoms with Gasteiger partial charge in [-0.2, -0.15) is 0 Å². The zero-order valence-corrected chi connectivity index (χ0v) is 9.76. The normalized spacial score (nSPS) is 13.8. The molecule has 0 aliphatic heterocycles. The summed E-state index contributed by atoms with van der Waals surface area (Å²) >= 11 is 0. The van der Waals surface area contributed by atoms with Gasteiger partial charge in [-0.1, -0.05) is 34.6 Å². The number of Topliss-reactive ketones (excluding diaryl/α,β-unsaturated/α-hetero) is 1. The molecular weight excluding hydrogens is 160 g/mol. The molecule has 0 saturated carbocycles. The molecule has 0 fully saturated rings. The van der Waals surface area contributed by atoms with E-state index in [0.29, 0.717) is 11.7 Å². The predicted molar refractivity (Wildman–Crippen MR) is 57.7 cm³/mol. The molecule has 0 bridgehead atoms. The zero-order valence-electron chi connectivity index (χ0n) is 9.76. The summed E-state index contributed by atoms with van der Waals surface area (Å²) in [6.07, 6.45) is 3.08. The van der Waals surface area contributed by atoms with Crippen molar-refractivity contribution in [1.82, 2.24) is 0 Å². The van der Waals surface area contributed by atoms with Crippen LogP contribution in [0, 0.1) is 17.8 Å². The number of carbonyl (C=O) groups is 1. The summed E-state index contributed by atoms with van der Waals surface area (Å²) in [5, 5.41) is 0. The van der Waals surface area contributed by atoms with Crippen molar-refractivity contribution < 1.29 is 4.79 Å². The molecule has 0 N–H and O–H groups in total. The first kappa shape index (κ1) is 12.7. The topological polar surface area (TPSA) is 17.1 Å². The number of carbonyl (C=O) groups excluding carboxylic acids is 1. The second kappa shape index (κ2) is 6.17. The van der Waals surface area contributed by atoms with Gasteiger partial charge in [-0.05, 0) is 24.7 Å². The monoisotopic (exact) mass is 184 g/mol. The third kappa shape index (κ3) is 6.80. The molecule has 0 aromatic carbocycles. The number of rotatable bonds is 6. The van der Waals surface area contributed by atoms with Crippen molar-refractivity contribution in [1.29, 1.82) is 0 Å². The van der Waals surface area contributed by atoms with Gasteiger partial charge in [0.25, 0.3) is 0 Å². The van der Waals surface area contributed by atoms with Gasteiger partial charge in [0.05, 0.1) is 0 Å². The van der Waals surface area contributed by atoms with E-state index in [1.807, 2.05) is 13.8 Å². The van der Waals surface area contributed by atoms with E-state index in [9.17, 15) is 4.79 Å². The highest BCUT2D eigenvalue weighted by Gasteiger charge is 2.10. The lowest BCUT2D eigenvalue weighted by Crippen LogP contribution is -2.09. The van der Waals surface area contributed by atoms with E-state index in [0.717, 1.165) is 18.8 Å². The summed E-state index contributed by atoms with van der Waals surface area (Å²) < 4.78 is 0. The van der Waals surface area contributed by atoms with Gasteiger partial charge in [0.2, 0.25) is 0 Å². The molecule has 0 unspecified atom stereocenters. The summed E-state index contributed by atoms with van der Waals surface area (Å²) in [5.41, 5.74) is 0. The Bertz CT molecular complexity index is 147. The van der Waals surface area contributed by atoms with Crippen LogP contribution >= 0.6 is 0 Å². The SMILES string of the molecule is CC(C)C[C@@H](C)CCC(=O)C(C)C. The molecule has 0 saturated heterocycles. The lowest BCUT2D eigenvalue weighted by atomic mass is 9.92. The Labute approximate surface area is 82.9 Å². The van der Waals surface area contributed by atoms with E-state index < -0.39 is 0 Å². The van der Waals surface area contributed by atoms with Gasteiger partial charge in [0.1, 0.15) is 5.78 Å². The third-order valence-corrected chi connectivity index (χ3v) is 2.40. The molecule has 0 heterocycles. The van der Waals surface area contributed by atoms with Crippen molar-refractivity contribution in [2.75, 3.05) is 0 Å². The quantitative estimate of drug-likeness (QED) is 0.615. The molecule has 0 aliphatic rings. The van der Waals surface area contributed by atoms with Gasteiger partial charge >= 0.3 is 0 Å². The van der Waals surface area contributed by atoms with Crippen LogP contribution in [0.15, 0.2) is 0 Å². The van der Waals surface area contributed by atoms with E-state index in [1.165, 1.54) is 6.42 Å². The smallest absolute Gasteiger partial charge is 0.135 e. The van der Waals surface area contributed by atoms with Gasteiger partial charge in [-0.3, -0.25) is 4.79 Å². The summed E-state index contributed by atoms with van der Waals surface area (Å²) in [6, 6.07) is 0. The molecule has 1 atom stereocenters. The van der Waals surface area contributed by atoms with Gasteiger partial charge < -0.3 is 0 Å². The van der Waals surface area contributed by atoms with Gasteiger partial charge in [-0.25, -0.2) is 0 Å². The highest BCUT2D eigenvalue weighted by molar-refractivity contribution is 5.80. The molecule has 1 heteroatoms. The maximum absolute atomic E-state index is 11.3. The van der Waals surface area contributed by atoms with Crippen LogP contribution in [0.2, 0.25) is 0 Å². The molecule has 0 radical (unpaired) electrons. The fourth-order valence-corrected chi connectivity index (χ4v) is 1.60. The van der Waals surface area contributed by atoms with Crippen molar-refractivity contribution in [2.24, 2.45) is 17.8 Å². The van der Waals surface area contributed by atoms with Crippen LogP contribution in [0.5, 0.6) is 0 Å². The third-order valence-electron chi connectivity index (χ3n) is 2.40. The minimum Gasteiger partial charge on any atom is -0.299 e. The number of hydrogen-bond donors (Lipinski definition) is 0. The molecule has 1 nitrogen and oxygen atoms in total. The minimum absolute atomic E-state index is 0.214. The Hall–Kier alpha value is -0.330. The molecular formula is C12H24O. The van der Waals surface area contributed by atoms with Crippen molar-refractivity contribution in [3.8, 4) is 0 Å². The first-order chi connectivity index (χ1) is 5.93. The van der Waals surface area contributed by atoms with Crippen molar-refractivity contribution >= 4 is 5.78 Å². The van der Waals surface area contributed by atoms with E-state index >= 15 is 0 Å². The average Bonchev–Trinajstić information content (AvgIpc) is 1.98. The minimum atomic E-state index is 0.214. The molecule has 0 rings (SSSR count). The van der Waals surface area contributed by atoms with Crippen molar-refractivity contribution in [2.45, 2.75) is 53.9 Å². The van der Waals surface area contributed by atoms with E-state index in [2.05, 4.69) is 20.8 Å². The number of hydrogen-bond acceptors (Lipinski definition) is 1. The molecule has 0 aromatic heterocycles. The van der Waals surface area contributed by atoms with Crippen LogP contribution in [0.25, 0.3) is 0 Å². The highest BCUT2D eigenvalue weighted by Crippen LogP contribution is 2.17. The Morgan fingerprint density at radius 3 is 2.00 bits per heavy atom. The van der Waals surface area contributed by atoms with Crippen LogP contribution in [0.3, 0.4) is 0 Å². The van der Waals surface area contributed by atoms with Crippen molar-refractivity contribution in [3.05, 3.63) is 0 Å². The predicted octanol–water partition coefficient (Wildman–Crippen LogP) is 3.67. The Morgan fingerprint density at radius 2 is 1.62 bits per heavy atom. The molecule has 13 heavy (non-hydrogen) atoms. The molecule has 0 aromatic rings. The summed E-state index contributed by atoms with van der Waals surface area (Å²) in [6.45, 7) is 10.7. The van der Waals surface area contributed by atoms with Gasteiger partial charge in [0, 0.05) is 12.3 Å². The standard InChI is InChI=1S/C12H24O/c1-9(2)8-11(5)6-7-12(13)10(3)4/h9-11H,6-8H2,1-5H3/t11-/m0/s1. The highest BCUT2D eigenvalue weighted by atomic mass is 16.1. The fourth-order valence-electron chi connectivity index (χ4n) is 1.60. The van der Waals surface area contributed by atoms with Crippen LogP contribution in [0.4, 0.5) is 0 Å². The zero-order chi connectivity index (χ0) is 10.4. The second-order valence-corrected chi connectivity index (χ2v) is 4.89. The van der Waals surface area contributed by atoms with Crippen LogP contribution in [-0.2, 0) is 4.79 Å². The van der Waals surface area contributed by atoms with Crippen LogP contribution < -0.4 is 0 Å². The van der Waals surface area contributed by atoms with E-state index in [-0.39, 0.29) is 5.92 Å². The average molecular weight is 184 g/mol. The number of ketones is 1. The molecule has 78 valence electrons. The van der Waals surface area contributed by atoms with Crippen molar-refractivity contribution in [3.63, 3.8) is 0 Å². The lowest BCUT2D eigenvalue weighted by Gasteiger charge is -2.13. The maximum atomic E-state index is 11.3. The van der Waals surface area contributed by atoms with Crippen LogP contribution in [0.1, 0.15) is 53.9 Å². The van der Waals surface area contributed by atoms with E-state index in [4.69, 9.17) is 0 Å². The molecule has 0 amide bonds. The van der Waals surface area contributed by atoms with E-state index in [1.54, 1.807) is 0 Å². The first-order valence-corrected chi connectivity index (χ1v) is 5.46.